The molecule has 0 aromatic rings. The second kappa shape index (κ2) is 5.77. The Bertz CT molecular complexity index is 164. The average Bonchev–Trinajstić information content (AvgIpc) is 2.00. The fraction of sp³-hybridized carbons (Fsp3) is 0.875. The van der Waals surface area contributed by atoms with Crippen molar-refractivity contribution in [1.82, 2.24) is 0 Å². The average molecular weight is 302 g/mol. The molecular formula is C8H15IO4. The molecule has 13 heavy (non-hydrogen) atoms. The highest BCUT2D eigenvalue weighted by atomic mass is 127. The summed E-state index contributed by atoms with van der Waals surface area (Å²) in [5.74, 6) is -0.307. The number of ether oxygens (including phenoxy) is 1. The number of methoxy groups -OCH3 is 1. The Morgan fingerprint density at radius 2 is 2.00 bits per heavy atom. The fourth-order valence-corrected chi connectivity index (χ4v) is 0.868. The van der Waals surface area contributed by atoms with E-state index in [4.69, 9.17) is 9.78 Å². The Morgan fingerprint density at radius 1 is 1.46 bits per heavy atom. The first kappa shape index (κ1) is 13.1. The van der Waals surface area contributed by atoms with E-state index in [2.05, 4.69) is 4.74 Å². The fourth-order valence-electron chi connectivity index (χ4n) is 0.466. The van der Waals surface area contributed by atoms with Gasteiger partial charge >= 0.3 is 5.97 Å². The van der Waals surface area contributed by atoms with Gasteiger partial charge < -0.3 is 4.74 Å². The van der Waals surface area contributed by atoms with Crippen LogP contribution >= 0.6 is 22.6 Å². The summed E-state index contributed by atoms with van der Waals surface area (Å²) in [5.41, 5.74) is -0.355. The molecule has 78 valence electrons. The minimum absolute atomic E-state index is 0.199. The molecule has 0 spiro atoms. The maximum Gasteiger partial charge on any atom is 0.321 e. The molecule has 0 saturated heterocycles. The van der Waals surface area contributed by atoms with E-state index in [0.29, 0.717) is 0 Å². The number of halogens is 1. The van der Waals surface area contributed by atoms with Gasteiger partial charge in [-0.25, -0.2) is 9.78 Å². The largest absolute Gasteiger partial charge is 0.468 e. The third-order valence-electron chi connectivity index (χ3n) is 0.980. The lowest BCUT2D eigenvalue weighted by Crippen LogP contribution is -2.25. The summed E-state index contributed by atoms with van der Waals surface area (Å²) in [6, 6.07) is 0. The smallest absolute Gasteiger partial charge is 0.321 e. The van der Waals surface area contributed by atoms with Crippen molar-refractivity contribution in [2.24, 2.45) is 0 Å². The van der Waals surface area contributed by atoms with E-state index >= 15 is 0 Å². The molecule has 0 fully saturated rings. The third-order valence-corrected chi connectivity index (χ3v) is 1.85. The van der Waals surface area contributed by atoms with Crippen LogP contribution in [0.2, 0.25) is 0 Å². The number of alkyl halides is 1. The molecule has 0 amide bonds. The lowest BCUT2D eigenvalue weighted by molar-refractivity contribution is -0.346. The van der Waals surface area contributed by atoms with Crippen LogP contribution < -0.4 is 0 Å². The van der Waals surface area contributed by atoms with Gasteiger partial charge in [0.25, 0.3) is 0 Å². The molecule has 0 aromatic carbocycles. The normalized spacial score (nSPS) is 13.9. The summed E-state index contributed by atoms with van der Waals surface area (Å²) < 4.78 is 4.18. The molecule has 0 radical (unpaired) electrons. The first-order chi connectivity index (χ1) is 5.87. The SMILES string of the molecule is COC(=O)C(I)COOC(C)(C)C. The molecule has 0 N–H and O–H groups in total. The summed E-state index contributed by atoms with van der Waals surface area (Å²) in [5, 5.41) is 0. The van der Waals surface area contributed by atoms with Crippen molar-refractivity contribution in [1.29, 1.82) is 0 Å². The van der Waals surface area contributed by atoms with E-state index in [1.54, 1.807) is 0 Å². The Hall–Kier alpha value is 0.120. The van der Waals surface area contributed by atoms with Gasteiger partial charge in [-0.1, -0.05) is 22.6 Å². The molecule has 4 nitrogen and oxygen atoms in total. The highest BCUT2D eigenvalue weighted by Crippen LogP contribution is 2.09. The zero-order chi connectivity index (χ0) is 10.5. The molecule has 0 heterocycles. The minimum Gasteiger partial charge on any atom is -0.468 e. The summed E-state index contributed by atoms with van der Waals surface area (Å²) >= 11 is 1.94. The van der Waals surface area contributed by atoms with Crippen molar-refractivity contribution >= 4 is 28.6 Å². The molecule has 5 heteroatoms. The van der Waals surface area contributed by atoms with Crippen LogP contribution in [0.25, 0.3) is 0 Å². The van der Waals surface area contributed by atoms with Crippen molar-refractivity contribution in [3.63, 3.8) is 0 Å². The maximum atomic E-state index is 10.9. The lowest BCUT2D eigenvalue weighted by Gasteiger charge is -2.18. The van der Waals surface area contributed by atoms with Gasteiger partial charge in [-0.3, -0.25) is 4.79 Å². The van der Waals surface area contributed by atoms with E-state index in [-0.39, 0.29) is 22.1 Å². The topological polar surface area (TPSA) is 44.8 Å². The Balaban J connectivity index is 3.59. The summed E-state index contributed by atoms with van der Waals surface area (Å²) in [4.78, 5) is 20.8. The van der Waals surface area contributed by atoms with Crippen LogP contribution in [0, 0.1) is 0 Å². The van der Waals surface area contributed by atoms with Crippen molar-refractivity contribution in [3.8, 4) is 0 Å². The molecule has 1 atom stereocenters. The Morgan fingerprint density at radius 3 is 2.38 bits per heavy atom. The quantitative estimate of drug-likeness (QED) is 0.261. The van der Waals surface area contributed by atoms with Crippen molar-refractivity contribution < 1.29 is 19.3 Å². The van der Waals surface area contributed by atoms with E-state index in [9.17, 15) is 4.79 Å². The number of esters is 1. The minimum atomic E-state index is -0.355. The van der Waals surface area contributed by atoms with Gasteiger partial charge in [-0.05, 0) is 20.8 Å². The second-order valence-corrected chi connectivity index (χ2v) is 4.97. The first-order valence-corrected chi connectivity index (χ1v) is 5.14. The van der Waals surface area contributed by atoms with Gasteiger partial charge in [0.05, 0.1) is 12.7 Å². The second-order valence-electron chi connectivity index (χ2n) is 3.47. The lowest BCUT2D eigenvalue weighted by atomic mass is 10.2. The van der Waals surface area contributed by atoms with Crippen LogP contribution in [0.4, 0.5) is 0 Å². The van der Waals surface area contributed by atoms with E-state index in [0.717, 1.165) is 0 Å². The van der Waals surface area contributed by atoms with E-state index in [1.807, 2.05) is 43.4 Å². The van der Waals surface area contributed by atoms with Gasteiger partial charge in [0.1, 0.15) is 10.5 Å². The standard InChI is InChI=1S/C8H15IO4/c1-8(2,3)13-12-5-6(9)7(10)11-4/h6H,5H2,1-4H3. The van der Waals surface area contributed by atoms with Gasteiger partial charge in [-0.2, -0.15) is 0 Å². The summed E-state index contributed by atoms with van der Waals surface area (Å²) in [7, 11) is 1.35. The van der Waals surface area contributed by atoms with Gasteiger partial charge in [0.15, 0.2) is 0 Å². The van der Waals surface area contributed by atoms with Gasteiger partial charge in [-0.15, -0.1) is 0 Å². The van der Waals surface area contributed by atoms with Crippen LogP contribution in [0.1, 0.15) is 20.8 Å². The van der Waals surface area contributed by atoms with E-state index in [1.165, 1.54) is 7.11 Å². The van der Waals surface area contributed by atoms with E-state index < -0.39 is 0 Å². The van der Waals surface area contributed by atoms with Crippen LogP contribution in [-0.4, -0.2) is 29.2 Å². The predicted molar refractivity (Wildman–Crippen MR) is 56.6 cm³/mol. The number of hydrogen-bond donors (Lipinski definition) is 0. The number of hydrogen-bond acceptors (Lipinski definition) is 4. The highest BCUT2D eigenvalue weighted by molar-refractivity contribution is 14.1. The molecule has 1 unspecified atom stereocenters. The molecular weight excluding hydrogens is 287 g/mol. The molecule has 0 aromatic heterocycles. The van der Waals surface area contributed by atoms with Crippen LogP contribution in [0.3, 0.4) is 0 Å². The van der Waals surface area contributed by atoms with Crippen molar-refractivity contribution in [3.05, 3.63) is 0 Å². The molecule has 0 bridgehead atoms. The number of carbonyl (C=O) groups is 1. The molecule has 0 saturated carbocycles. The number of rotatable bonds is 4. The molecule has 0 aliphatic rings. The molecule has 0 aliphatic heterocycles. The highest BCUT2D eigenvalue weighted by Gasteiger charge is 2.18. The Labute approximate surface area is 92.0 Å². The maximum absolute atomic E-state index is 10.9. The van der Waals surface area contributed by atoms with Crippen LogP contribution in [-0.2, 0) is 19.3 Å². The summed E-state index contributed by atoms with van der Waals surface area (Å²) in [6.45, 7) is 5.80. The third kappa shape index (κ3) is 7.21. The van der Waals surface area contributed by atoms with Crippen molar-refractivity contribution in [2.45, 2.75) is 30.3 Å². The zero-order valence-electron chi connectivity index (χ0n) is 8.30. The number of carbonyl (C=O) groups excluding carboxylic acids is 1. The van der Waals surface area contributed by atoms with Crippen LogP contribution in [0.5, 0.6) is 0 Å². The van der Waals surface area contributed by atoms with Crippen LogP contribution in [0.15, 0.2) is 0 Å². The molecule has 0 rings (SSSR count). The van der Waals surface area contributed by atoms with Gasteiger partial charge in [0.2, 0.25) is 0 Å². The summed E-state index contributed by atoms with van der Waals surface area (Å²) in [6.07, 6.45) is 0. The molecule has 0 aliphatic carbocycles. The Kier molecular flexibility index (Phi) is 5.82. The van der Waals surface area contributed by atoms with Gasteiger partial charge in [0, 0.05) is 0 Å². The first-order valence-electron chi connectivity index (χ1n) is 3.89. The van der Waals surface area contributed by atoms with Crippen molar-refractivity contribution in [2.75, 3.05) is 13.7 Å². The zero-order valence-corrected chi connectivity index (χ0v) is 10.5. The monoisotopic (exact) mass is 302 g/mol. The predicted octanol–water partition coefficient (Wildman–Crippen LogP) is 1.71.